The third-order valence-corrected chi connectivity index (χ3v) is 5.78. The van der Waals surface area contributed by atoms with Crippen LogP contribution < -0.4 is 10.3 Å². The Labute approximate surface area is 173 Å². The van der Waals surface area contributed by atoms with Gasteiger partial charge in [-0.2, -0.15) is 5.10 Å². The van der Waals surface area contributed by atoms with E-state index in [1.807, 2.05) is 6.07 Å². The first-order valence-corrected chi connectivity index (χ1v) is 10.2. The number of benzene rings is 1. The maximum atomic E-state index is 12.5. The second-order valence-corrected chi connectivity index (χ2v) is 8.13. The second kappa shape index (κ2) is 8.13. The molecule has 0 N–H and O–H groups in total. The fraction of sp³-hybridized carbons (Fsp3) is 0.450. The molecule has 0 spiro atoms. The van der Waals surface area contributed by atoms with E-state index in [-0.39, 0.29) is 24.1 Å². The Morgan fingerprint density at radius 2 is 1.86 bits per heavy atom. The minimum absolute atomic E-state index is 0.0295. The van der Waals surface area contributed by atoms with Crippen LogP contribution in [-0.4, -0.2) is 40.3 Å². The molecule has 1 amide bonds. The highest BCUT2D eigenvalue weighted by Crippen LogP contribution is 2.38. The number of piperidine rings is 1. The van der Waals surface area contributed by atoms with E-state index in [2.05, 4.69) is 5.10 Å². The fourth-order valence-electron chi connectivity index (χ4n) is 3.48. The highest BCUT2D eigenvalue weighted by Gasteiger charge is 2.28. The number of likely N-dealkylation sites (tertiary alicyclic amines) is 1. The molecule has 4 rings (SSSR count). The molecule has 1 saturated carbocycles. The first kappa shape index (κ1) is 19.3. The number of nitrogens with zero attached hydrogens (tertiary/aromatic N) is 3. The minimum Gasteiger partial charge on any atom is -0.482 e. The van der Waals surface area contributed by atoms with Crippen LogP contribution >= 0.6 is 23.2 Å². The number of hydrogen-bond donors (Lipinski definition) is 0. The molecule has 0 radical (unpaired) electrons. The molecule has 1 aliphatic heterocycles. The van der Waals surface area contributed by atoms with Crippen molar-refractivity contribution in [2.45, 2.75) is 37.6 Å². The number of hydrogen-bond acceptors (Lipinski definition) is 4. The van der Waals surface area contributed by atoms with Crippen LogP contribution in [-0.2, 0) is 4.79 Å². The zero-order chi connectivity index (χ0) is 19.7. The summed E-state index contributed by atoms with van der Waals surface area (Å²) in [5.41, 5.74) is 0.932. The molecule has 2 heterocycles. The number of amides is 1. The number of ether oxygens (including phenoxy) is 1. The summed E-state index contributed by atoms with van der Waals surface area (Å²) in [5, 5.41) is 5.46. The van der Waals surface area contributed by atoms with Gasteiger partial charge in [0.1, 0.15) is 5.75 Å². The molecule has 0 unspecified atom stereocenters. The van der Waals surface area contributed by atoms with Crippen LogP contribution in [0.3, 0.4) is 0 Å². The Kier molecular flexibility index (Phi) is 5.60. The van der Waals surface area contributed by atoms with E-state index in [0.29, 0.717) is 47.6 Å². The van der Waals surface area contributed by atoms with Gasteiger partial charge in [-0.15, -0.1) is 0 Å². The monoisotopic (exact) mass is 421 g/mol. The van der Waals surface area contributed by atoms with Crippen molar-refractivity contribution < 1.29 is 9.53 Å². The lowest BCUT2D eigenvalue weighted by Gasteiger charge is -2.32. The third kappa shape index (κ3) is 4.33. The Morgan fingerprint density at radius 3 is 2.54 bits per heavy atom. The molecule has 148 valence electrons. The first-order chi connectivity index (χ1) is 13.5. The molecule has 1 saturated heterocycles. The number of aromatic nitrogens is 2. The van der Waals surface area contributed by atoms with Crippen molar-refractivity contribution in [2.24, 2.45) is 0 Å². The van der Waals surface area contributed by atoms with Gasteiger partial charge in [-0.3, -0.25) is 9.59 Å². The van der Waals surface area contributed by atoms with E-state index in [4.69, 9.17) is 27.9 Å². The van der Waals surface area contributed by atoms with Gasteiger partial charge in [0.25, 0.3) is 11.5 Å². The summed E-state index contributed by atoms with van der Waals surface area (Å²) in [6.45, 7) is 1.06. The summed E-state index contributed by atoms with van der Waals surface area (Å²) in [7, 11) is 0. The Hall–Kier alpha value is -2.05. The number of halogens is 2. The predicted octanol–water partition coefficient (Wildman–Crippen LogP) is 3.67. The smallest absolute Gasteiger partial charge is 0.267 e. The van der Waals surface area contributed by atoms with Gasteiger partial charge in [0.15, 0.2) is 6.61 Å². The number of carbonyl (C=O) groups is 1. The van der Waals surface area contributed by atoms with Gasteiger partial charge in [-0.1, -0.05) is 23.2 Å². The van der Waals surface area contributed by atoms with Gasteiger partial charge < -0.3 is 9.64 Å². The minimum atomic E-state index is -0.100. The molecule has 1 aromatic heterocycles. The molecular weight excluding hydrogens is 401 g/mol. The topological polar surface area (TPSA) is 64.4 Å². The van der Waals surface area contributed by atoms with E-state index in [1.165, 1.54) is 0 Å². The molecule has 6 nitrogen and oxygen atoms in total. The highest BCUT2D eigenvalue weighted by molar-refractivity contribution is 6.35. The summed E-state index contributed by atoms with van der Waals surface area (Å²) >= 11 is 11.9. The number of carbonyl (C=O) groups excluding carboxylic acids is 1. The van der Waals surface area contributed by atoms with Gasteiger partial charge in [-0.05, 0) is 49.9 Å². The lowest BCUT2D eigenvalue weighted by Crippen LogP contribution is -2.43. The van der Waals surface area contributed by atoms with Crippen molar-refractivity contribution in [3.05, 3.63) is 56.4 Å². The van der Waals surface area contributed by atoms with E-state index >= 15 is 0 Å². The summed E-state index contributed by atoms with van der Waals surface area (Å²) < 4.78 is 7.15. The molecule has 1 aromatic carbocycles. The van der Waals surface area contributed by atoms with Crippen LogP contribution in [0.25, 0.3) is 0 Å². The Bertz CT molecular complexity index is 935. The summed E-state index contributed by atoms with van der Waals surface area (Å²) in [4.78, 5) is 26.4. The molecule has 28 heavy (non-hydrogen) atoms. The van der Waals surface area contributed by atoms with Crippen LogP contribution in [0.2, 0.25) is 10.0 Å². The average Bonchev–Trinajstić information content (AvgIpc) is 3.53. The van der Waals surface area contributed by atoms with E-state index in [0.717, 1.165) is 18.5 Å². The zero-order valence-electron chi connectivity index (χ0n) is 15.3. The van der Waals surface area contributed by atoms with Gasteiger partial charge >= 0.3 is 0 Å². The van der Waals surface area contributed by atoms with Crippen LogP contribution in [0.15, 0.2) is 35.1 Å². The average molecular weight is 422 g/mol. The summed E-state index contributed by atoms with van der Waals surface area (Å²) in [6.07, 6.45) is 3.70. The van der Waals surface area contributed by atoms with E-state index in [9.17, 15) is 9.59 Å². The van der Waals surface area contributed by atoms with Gasteiger partial charge in [0, 0.05) is 30.1 Å². The van der Waals surface area contributed by atoms with Crippen molar-refractivity contribution in [3.63, 3.8) is 0 Å². The van der Waals surface area contributed by atoms with Crippen molar-refractivity contribution in [1.29, 1.82) is 0 Å². The lowest BCUT2D eigenvalue weighted by atomic mass is 10.1. The fourth-order valence-corrected chi connectivity index (χ4v) is 3.94. The number of rotatable bonds is 5. The van der Waals surface area contributed by atoms with Crippen molar-refractivity contribution in [3.8, 4) is 5.75 Å². The molecular formula is C20H21Cl2N3O3. The quantitative estimate of drug-likeness (QED) is 0.738. The normalized spacial score (nSPS) is 17.6. The van der Waals surface area contributed by atoms with Gasteiger partial charge in [0.05, 0.1) is 16.8 Å². The molecule has 1 aliphatic carbocycles. The zero-order valence-corrected chi connectivity index (χ0v) is 16.8. The Balaban J connectivity index is 1.33. The van der Waals surface area contributed by atoms with Gasteiger partial charge in [-0.25, -0.2) is 4.68 Å². The predicted molar refractivity (Wildman–Crippen MR) is 107 cm³/mol. The van der Waals surface area contributed by atoms with Crippen LogP contribution in [0.5, 0.6) is 5.75 Å². The van der Waals surface area contributed by atoms with Gasteiger partial charge in [0.2, 0.25) is 0 Å². The largest absolute Gasteiger partial charge is 0.482 e. The SMILES string of the molecule is O=C(COc1ccc(Cl)cc1Cl)N1CCC(n2nc(C3CC3)ccc2=O)CC1. The molecule has 0 atom stereocenters. The maximum absolute atomic E-state index is 12.5. The van der Waals surface area contributed by atoms with E-state index < -0.39 is 0 Å². The molecule has 2 aliphatic rings. The third-order valence-electron chi connectivity index (χ3n) is 5.25. The maximum Gasteiger partial charge on any atom is 0.267 e. The molecule has 2 aromatic rings. The molecule has 0 bridgehead atoms. The van der Waals surface area contributed by atoms with Crippen molar-refractivity contribution in [2.75, 3.05) is 19.7 Å². The highest BCUT2D eigenvalue weighted by atomic mass is 35.5. The Morgan fingerprint density at radius 1 is 1.11 bits per heavy atom. The molecule has 2 fully saturated rings. The van der Waals surface area contributed by atoms with E-state index in [1.54, 1.807) is 33.8 Å². The molecule has 8 heteroatoms. The van der Waals surface area contributed by atoms with Crippen LogP contribution in [0, 0.1) is 0 Å². The summed E-state index contributed by atoms with van der Waals surface area (Å²) in [5.74, 6) is 0.837. The van der Waals surface area contributed by atoms with Crippen molar-refractivity contribution in [1.82, 2.24) is 14.7 Å². The van der Waals surface area contributed by atoms with Crippen molar-refractivity contribution >= 4 is 29.1 Å². The first-order valence-electron chi connectivity index (χ1n) is 9.46. The van der Waals surface area contributed by atoms with Crippen LogP contribution in [0.1, 0.15) is 43.3 Å². The standard InChI is InChI=1S/C20H21Cl2N3O3/c21-14-3-5-18(16(22)11-14)28-12-20(27)24-9-7-15(8-10-24)25-19(26)6-4-17(23-25)13-1-2-13/h3-6,11,13,15H,1-2,7-10,12H2. The van der Waals surface area contributed by atoms with Crippen LogP contribution in [0.4, 0.5) is 0 Å². The summed E-state index contributed by atoms with van der Waals surface area (Å²) in [6, 6.07) is 8.38. The second-order valence-electron chi connectivity index (χ2n) is 7.29. The lowest BCUT2D eigenvalue weighted by molar-refractivity contribution is -0.134.